The number of rotatable bonds is 3. The van der Waals surface area contributed by atoms with E-state index in [9.17, 15) is 17.6 Å². The second-order valence-corrected chi connectivity index (χ2v) is 5.35. The zero-order valence-electron chi connectivity index (χ0n) is 13.3. The molecule has 2 heterocycles. The van der Waals surface area contributed by atoms with Crippen molar-refractivity contribution in [3.8, 4) is 17.1 Å². The van der Waals surface area contributed by atoms with Gasteiger partial charge in [-0.25, -0.2) is 19.4 Å². The van der Waals surface area contributed by atoms with E-state index in [0.29, 0.717) is 11.3 Å². The summed E-state index contributed by atoms with van der Waals surface area (Å²) in [7, 11) is 2.68. The molecule has 0 aliphatic carbocycles. The molecule has 0 bridgehead atoms. The number of hydrogen-bond donors (Lipinski definition) is 0. The van der Waals surface area contributed by atoms with Crippen molar-refractivity contribution in [2.75, 3.05) is 19.2 Å². The zero-order valence-corrected chi connectivity index (χ0v) is 13.3. The molecule has 0 radical (unpaired) electrons. The Morgan fingerprint density at radius 2 is 1.80 bits per heavy atom. The fourth-order valence-electron chi connectivity index (χ4n) is 2.44. The number of ether oxygens (including phenoxy) is 1. The molecule has 1 atom stereocenters. The van der Waals surface area contributed by atoms with Gasteiger partial charge in [-0.15, -0.1) is 0 Å². The normalized spacial score (nSPS) is 18.0. The molecule has 0 saturated heterocycles. The predicted octanol–water partition coefficient (Wildman–Crippen LogP) is 3.40. The summed E-state index contributed by atoms with van der Waals surface area (Å²) in [6.07, 6.45) is -2.15. The second-order valence-electron chi connectivity index (χ2n) is 5.35. The number of hydrogen-bond acceptors (Lipinski definition) is 5. The summed E-state index contributed by atoms with van der Waals surface area (Å²) in [6, 6.07) is 5.33. The van der Waals surface area contributed by atoms with Crippen LogP contribution in [0.2, 0.25) is 0 Å². The standard InChI is InChI=1S/C16H14F4N4O/c1-23-13(16(18,19)20)7-8-24(23)15-21-12(9-14(22-15)25-2)10-3-5-11(17)6-4-10/h3-9,13H,1-2H3. The molecule has 3 rings (SSSR count). The number of halogens is 4. The van der Waals surface area contributed by atoms with Crippen LogP contribution in [-0.4, -0.2) is 41.4 Å². The predicted molar refractivity (Wildman–Crippen MR) is 83.2 cm³/mol. The van der Waals surface area contributed by atoms with Crippen LogP contribution in [0.3, 0.4) is 0 Å². The Morgan fingerprint density at radius 3 is 2.36 bits per heavy atom. The van der Waals surface area contributed by atoms with Crippen LogP contribution in [0.1, 0.15) is 0 Å². The van der Waals surface area contributed by atoms with E-state index in [1.807, 2.05) is 0 Å². The van der Waals surface area contributed by atoms with Crippen LogP contribution in [-0.2, 0) is 0 Å². The summed E-state index contributed by atoms with van der Waals surface area (Å²) >= 11 is 0. The Morgan fingerprint density at radius 1 is 1.12 bits per heavy atom. The maximum absolute atomic E-state index is 13.1. The number of nitrogens with zero attached hydrogens (tertiary/aromatic N) is 4. The molecule has 0 spiro atoms. The first kappa shape index (κ1) is 17.2. The molecular weight excluding hydrogens is 340 g/mol. The van der Waals surface area contributed by atoms with Gasteiger partial charge in [-0.05, 0) is 30.3 Å². The molecule has 1 aliphatic rings. The molecule has 1 aromatic heterocycles. The van der Waals surface area contributed by atoms with E-state index in [4.69, 9.17) is 4.74 Å². The van der Waals surface area contributed by atoms with Gasteiger partial charge in [-0.3, -0.25) is 0 Å². The molecule has 1 aromatic carbocycles. The van der Waals surface area contributed by atoms with Gasteiger partial charge in [0.05, 0.1) is 12.8 Å². The number of aromatic nitrogens is 2. The summed E-state index contributed by atoms with van der Waals surface area (Å²) < 4.78 is 57.2. The van der Waals surface area contributed by atoms with Crippen molar-refractivity contribution in [1.82, 2.24) is 15.0 Å². The Labute approximate surface area is 141 Å². The average molecular weight is 354 g/mol. The van der Waals surface area contributed by atoms with Crippen molar-refractivity contribution in [1.29, 1.82) is 0 Å². The molecule has 1 unspecified atom stereocenters. The summed E-state index contributed by atoms with van der Waals surface area (Å²) in [6.45, 7) is 0. The van der Waals surface area contributed by atoms with Crippen LogP contribution in [0.4, 0.5) is 23.5 Å². The minimum atomic E-state index is -4.42. The van der Waals surface area contributed by atoms with Crippen molar-refractivity contribution < 1.29 is 22.3 Å². The molecule has 25 heavy (non-hydrogen) atoms. The third-order valence-corrected chi connectivity index (χ3v) is 3.73. The molecule has 0 fully saturated rings. The highest BCUT2D eigenvalue weighted by molar-refractivity contribution is 5.62. The molecule has 9 heteroatoms. The van der Waals surface area contributed by atoms with Crippen molar-refractivity contribution in [2.45, 2.75) is 12.2 Å². The first-order chi connectivity index (χ1) is 11.8. The van der Waals surface area contributed by atoms with Crippen molar-refractivity contribution in [3.05, 3.63) is 48.4 Å². The van der Waals surface area contributed by atoms with Gasteiger partial charge in [0.25, 0.3) is 0 Å². The highest BCUT2D eigenvalue weighted by Crippen LogP contribution is 2.32. The van der Waals surface area contributed by atoms with Gasteiger partial charge < -0.3 is 4.74 Å². The first-order valence-corrected chi connectivity index (χ1v) is 7.25. The number of likely N-dealkylation sites (N-methyl/N-ethyl adjacent to an activating group) is 1. The fourth-order valence-corrected chi connectivity index (χ4v) is 2.44. The second kappa shape index (κ2) is 6.32. The van der Waals surface area contributed by atoms with Crippen LogP contribution in [0.25, 0.3) is 11.3 Å². The topological polar surface area (TPSA) is 41.5 Å². The monoisotopic (exact) mass is 354 g/mol. The van der Waals surface area contributed by atoms with Gasteiger partial charge in [-0.2, -0.15) is 18.2 Å². The van der Waals surface area contributed by atoms with Crippen LogP contribution in [0.5, 0.6) is 5.88 Å². The largest absolute Gasteiger partial charge is 0.481 e. The lowest BCUT2D eigenvalue weighted by molar-refractivity contribution is -0.164. The van der Waals surface area contributed by atoms with Crippen molar-refractivity contribution in [3.63, 3.8) is 0 Å². The Balaban J connectivity index is 1.99. The average Bonchev–Trinajstić information content (AvgIpc) is 2.97. The lowest BCUT2D eigenvalue weighted by Crippen LogP contribution is -2.46. The molecule has 0 saturated carbocycles. The minimum absolute atomic E-state index is 0.0178. The molecule has 2 aromatic rings. The van der Waals surface area contributed by atoms with E-state index in [-0.39, 0.29) is 11.8 Å². The molecule has 132 valence electrons. The van der Waals surface area contributed by atoms with Crippen LogP contribution in [0.15, 0.2) is 42.6 Å². The first-order valence-electron chi connectivity index (χ1n) is 7.25. The maximum atomic E-state index is 13.1. The van der Waals surface area contributed by atoms with Crippen LogP contribution >= 0.6 is 0 Å². The van der Waals surface area contributed by atoms with Gasteiger partial charge in [0.1, 0.15) is 11.9 Å². The van der Waals surface area contributed by atoms with Crippen molar-refractivity contribution >= 4 is 5.95 Å². The number of methoxy groups -OCH3 is 1. The van der Waals surface area contributed by atoms with E-state index in [1.165, 1.54) is 55.7 Å². The molecule has 0 N–H and O–H groups in total. The number of anilines is 1. The van der Waals surface area contributed by atoms with E-state index >= 15 is 0 Å². The number of benzene rings is 1. The Bertz CT molecular complexity index is 792. The van der Waals surface area contributed by atoms with Gasteiger partial charge in [-0.1, -0.05) is 0 Å². The van der Waals surface area contributed by atoms with E-state index in [2.05, 4.69) is 9.97 Å². The SMILES string of the molecule is COc1cc(-c2ccc(F)cc2)nc(N2C=CC(C(F)(F)F)N2C)n1. The quantitative estimate of drug-likeness (QED) is 0.791. The minimum Gasteiger partial charge on any atom is -0.481 e. The summed E-state index contributed by atoms with van der Waals surface area (Å²) in [5.41, 5.74) is 0.987. The van der Waals surface area contributed by atoms with E-state index in [1.54, 1.807) is 0 Å². The highest BCUT2D eigenvalue weighted by Gasteiger charge is 2.45. The lowest BCUT2D eigenvalue weighted by Gasteiger charge is -2.29. The molecule has 1 aliphatic heterocycles. The van der Waals surface area contributed by atoms with E-state index < -0.39 is 18.0 Å². The highest BCUT2D eigenvalue weighted by atomic mass is 19.4. The van der Waals surface area contributed by atoms with E-state index in [0.717, 1.165) is 11.1 Å². The summed E-state index contributed by atoms with van der Waals surface area (Å²) in [5.74, 6) is -0.203. The van der Waals surface area contributed by atoms with Crippen molar-refractivity contribution in [2.24, 2.45) is 0 Å². The maximum Gasteiger partial charge on any atom is 0.409 e. The van der Waals surface area contributed by atoms with Gasteiger partial charge in [0.2, 0.25) is 11.8 Å². The Hall–Kier alpha value is -2.68. The number of alkyl halides is 3. The molecular formula is C16H14F4N4O. The van der Waals surface area contributed by atoms with Gasteiger partial charge in [0, 0.05) is 24.9 Å². The molecule has 5 nitrogen and oxygen atoms in total. The van der Waals surface area contributed by atoms with Crippen LogP contribution < -0.4 is 9.75 Å². The Kier molecular flexibility index (Phi) is 4.34. The fraction of sp³-hybridized carbons (Fsp3) is 0.250. The van der Waals surface area contributed by atoms with Gasteiger partial charge >= 0.3 is 6.18 Å². The summed E-state index contributed by atoms with van der Waals surface area (Å²) in [4.78, 5) is 8.38. The zero-order chi connectivity index (χ0) is 18.2. The van der Waals surface area contributed by atoms with Crippen LogP contribution in [0, 0.1) is 5.82 Å². The number of hydrazine groups is 1. The third-order valence-electron chi connectivity index (χ3n) is 3.73. The summed E-state index contributed by atoms with van der Waals surface area (Å²) in [5, 5.41) is 2.16. The van der Waals surface area contributed by atoms with Gasteiger partial charge in [0.15, 0.2) is 0 Å². The smallest absolute Gasteiger partial charge is 0.409 e. The molecule has 0 amide bonds. The lowest BCUT2D eigenvalue weighted by atomic mass is 10.1. The third kappa shape index (κ3) is 3.41.